The van der Waals surface area contributed by atoms with Crippen molar-refractivity contribution in [1.82, 2.24) is 20.3 Å². The Hall–Kier alpha value is -2.51. The number of hydrogen-bond acceptors (Lipinski definition) is 5. The van der Waals surface area contributed by atoms with Crippen molar-refractivity contribution in [2.45, 2.75) is 6.10 Å². The second kappa shape index (κ2) is 6.50. The SMILES string of the molecule is O=C(NCC(O)c1ccsc1)c1ccc(-n2ccnn2)cc1. The molecule has 0 saturated heterocycles. The van der Waals surface area contributed by atoms with Crippen LogP contribution >= 0.6 is 11.3 Å². The molecule has 0 aliphatic heterocycles. The van der Waals surface area contributed by atoms with E-state index < -0.39 is 6.10 Å². The highest BCUT2D eigenvalue weighted by Gasteiger charge is 2.11. The van der Waals surface area contributed by atoms with E-state index in [1.807, 2.05) is 16.8 Å². The molecule has 2 aromatic heterocycles. The topological polar surface area (TPSA) is 80.0 Å². The normalized spacial score (nSPS) is 12.0. The molecular weight excluding hydrogens is 300 g/mol. The van der Waals surface area contributed by atoms with Gasteiger partial charge in [0.1, 0.15) is 0 Å². The first kappa shape index (κ1) is 14.4. The van der Waals surface area contributed by atoms with Crippen LogP contribution in [0.3, 0.4) is 0 Å². The summed E-state index contributed by atoms with van der Waals surface area (Å²) in [4.78, 5) is 12.1. The van der Waals surface area contributed by atoms with Gasteiger partial charge in [-0.2, -0.15) is 11.3 Å². The second-order valence-corrected chi connectivity index (χ2v) is 5.46. The van der Waals surface area contributed by atoms with Gasteiger partial charge in [0, 0.05) is 12.1 Å². The molecule has 0 radical (unpaired) electrons. The van der Waals surface area contributed by atoms with Crippen LogP contribution in [0, 0.1) is 0 Å². The van der Waals surface area contributed by atoms with Gasteiger partial charge in [-0.15, -0.1) is 5.10 Å². The number of aromatic nitrogens is 3. The molecule has 0 saturated carbocycles. The lowest BCUT2D eigenvalue weighted by atomic mass is 10.1. The van der Waals surface area contributed by atoms with Crippen molar-refractivity contribution in [3.8, 4) is 5.69 Å². The van der Waals surface area contributed by atoms with E-state index in [4.69, 9.17) is 0 Å². The Morgan fingerprint density at radius 2 is 2.14 bits per heavy atom. The molecule has 22 heavy (non-hydrogen) atoms. The van der Waals surface area contributed by atoms with E-state index in [1.165, 1.54) is 11.3 Å². The quantitative estimate of drug-likeness (QED) is 0.752. The predicted octanol–water partition coefficient (Wildman–Crippen LogP) is 1.79. The Labute approximate surface area is 131 Å². The van der Waals surface area contributed by atoms with E-state index in [0.29, 0.717) is 5.56 Å². The maximum absolute atomic E-state index is 12.1. The molecule has 0 bridgehead atoms. The van der Waals surface area contributed by atoms with Crippen LogP contribution in [0.2, 0.25) is 0 Å². The highest BCUT2D eigenvalue weighted by atomic mass is 32.1. The zero-order chi connectivity index (χ0) is 15.4. The van der Waals surface area contributed by atoms with Crippen molar-refractivity contribution in [2.75, 3.05) is 6.54 Å². The highest BCUT2D eigenvalue weighted by Crippen LogP contribution is 2.15. The van der Waals surface area contributed by atoms with Gasteiger partial charge in [-0.25, -0.2) is 4.68 Å². The smallest absolute Gasteiger partial charge is 0.251 e. The lowest BCUT2D eigenvalue weighted by Crippen LogP contribution is -2.28. The molecule has 112 valence electrons. The van der Waals surface area contributed by atoms with Gasteiger partial charge >= 0.3 is 0 Å². The maximum atomic E-state index is 12.1. The number of nitrogens with one attached hydrogen (secondary N) is 1. The molecule has 1 atom stereocenters. The molecule has 2 heterocycles. The van der Waals surface area contributed by atoms with E-state index in [1.54, 1.807) is 41.3 Å². The molecule has 6 nitrogen and oxygen atoms in total. The van der Waals surface area contributed by atoms with Gasteiger partial charge in [0.25, 0.3) is 5.91 Å². The fraction of sp³-hybridized carbons (Fsp3) is 0.133. The number of carbonyl (C=O) groups excluding carboxylic acids is 1. The number of thiophene rings is 1. The predicted molar refractivity (Wildman–Crippen MR) is 83.0 cm³/mol. The molecule has 0 aliphatic rings. The molecule has 0 spiro atoms. The fourth-order valence-electron chi connectivity index (χ4n) is 1.99. The first-order valence-corrected chi connectivity index (χ1v) is 7.63. The van der Waals surface area contributed by atoms with E-state index >= 15 is 0 Å². The summed E-state index contributed by atoms with van der Waals surface area (Å²) >= 11 is 1.51. The Kier molecular flexibility index (Phi) is 4.27. The van der Waals surface area contributed by atoms with Crippen molar-refractivity contribution >= 4 is 17.2 Å². The van der Waals surface area contributed by atoms with Crippen LogP contribution < -0.4 is 5.32 Å². The van der Waals surface area contributed by atoms with Gasteiger partial charge in [0.2, 0.25) is 0 Å². The largest absolute Gasteiger partial charge is 0.387 e. The second-order valence-electron chi connectivity index (χ2n) is 4.68. The first-order valence-electron chi connectivity index (χ1n) is 6.69. The summed E-state index contributed by atoms with van der Waals surface area (Å²) in [5.74, 6) is -0.223. The summed E-state index contributed by atoms with van der Waals surface area (Å²) in [7, 11) is 0. The minimum atomic E-state index is -0.690. The molecular formula is C15H14N4O2S. The van der Waals surface area contributed by atoms with Crippen LogP contribution in [0.5, 0.6) is 0 Å². The maximum Gasteiger partial charge on any atom is 0.251 e. The first-order chi connectivity index (χ1) is 10.7. The molecule has 7 heteroatoms. The molecule has 1 aromatic carbocycles. The standard InChI is InChI=1S/C15H14N4O2S/c20-14(12-5-8-22-10-12)9-16-15(21)11-1-3-13(4-2-11)19-7-6-17-18-19/h1-8,10,14,20H,9H2,(H,16,21). The molecule has 3 rings (SSSR count). The number of rotatable bonds is 5. The lowest BCUT2D eigenvalue weighted by molar-refractivity contribution is 0.0916. The van der Waals surface area contributed by atoms with Crippen molar-refractivity contribution < 1.29 is 9.90 Å². The van der Waals surface area contributed by atoms with E-state index in [-0.39, 0.29) is 12.5 Å². The molecule has 2 N–H and O–H groups in total. The van der Waals surface area contributed by atoms with Gasteiger partial charge in [-0.1, -0.05) is 5.21 Å². The fourth-order valence-corrected chi connectivity index (χ4v) is 2.69. The molecule has 0 fully saturated rings. The number of hydrogen-bond donors (Lipinski definition) is 2. The van der Waals surface area contributed by atoms with Crippen LogP contribution in [-0.4, -0.2) is 32.6 Å². The van der Waals surface area contributed by atoms with Crippen molar-refractivity contribution in [2.24, 2.45) is 0 Å². The number of aliphatic hydroxyl groups excluding tert-OH is 1. The lowest BCUT2D eigenvalue weighted by Gasteiger charge is -2.11. The monoisotopic (exact) mass is 314 g/mol. The van der Waals surface area contributed by atoms with Crippen molar-refractivity contribution in [3.63, 3.8) is 0 Å². The summed E-state index contributed by atoms with van der Waals surface area (Å²) in [6.07, 6.45) is 2.63. The average Bonchev–Trinajstić information content (AvgIpc) is 3.25. The van der Waals surface area contributed by atoms with Gasteiger partial charge in [0.05, 0.1) is 24.2 Å². The average molecular weight is 314 g/mol. The number of aliphatic hydroxyl groups is 1. The van der Waals surface area contributed by atoms with Gasteiger partial charge in [0.15, 0.2) is 0 Å². The summed E-state index contributed by atoms with van der Waals surface area (Å²) in [5, 5.41) is 24.0. The van der Waals surface area contributed by atoms with Crippen LogP contribution in [0.25, 0.3) is 5.69 Å². The minimum absolute atomic E-state index is 0.181. The molecule has 0 aliphatic carbocycles. The molecule has 1 amide bonds. The Morgan fingerprint density at radius 3 is 2.77 bits per heavy atom. The number of carbonyl (C=O) groups is 1. The van der Waals surface area contributed by atoms with Crippen LogP contribution in [0.1, 0.15) is 22.0 Å². The van der Waals surface area contributed by atoms with Gasteiger partial charge in [-0.3, -0.25) is 4.79 Å². The zero-order valence-electron chi connectivity index (χ0n) is 11.6. The Morgan fingerprint density at radius 1 is 1.32 bits per heavy atom. The number of benzene rings is 1. The summed E-state index contributed by atoms with van der Waals surface area (Å²) in [5.41, 5.74) is 2.17. The number of amides is 1. The van der Waals surface area contributed by atoms with E-state index in [9.17, 15) is 9.90 Å². The third kappa shape index (κ3) is 3.21. The third-order valence-corrected chi connectivity index (χ3v) is 3.90. The van der Waals surface area contributed by atoms with Gasteiger partial charge in [-0.05, 0) is 46.7 Å². The minimum Gasteiger partial charge on any atom is -0.387 e. The Bertz CT molecular complexity index is 724. The van der Waals surface area contributed by atoms with Crippen molar-refractivity contribution in [3.05, 3.63) is 64.6 Å². The zero-order valence-corrected chi connectivity index (χ0v) is 12.4. The van der Waals surface area contributed by atoms with E-state index in [0.717, 1.165) is 11.3 Å². The summed E-state index contributed by atoms with van der Waals surface area (Å²) < 4.78 is 1.61. The third-order valence-electron chi connectivity index (χ3n) is 3.20. The Balaban J connectivity index is 1.60. The highest BCUT2D eigenvalue weighted by molar-refractivity contribution is 7.07. The molecule has 3 aromatic rings. The van der Waals surface area contributed by atoms with Crippen LogP contribution in [-0.2, 0) is 0 Å². The molecule has 1 unspecified atom stereocenters. The van der Waals surface area contributed by atoms with E-state index in [2.05, 4.69) is 15.6 Å². The van der Waals surface area contributed by atoms with Crippen LogP contribution in [0.4, 0.5) is 0 Å². The van der Waals surface area contributed by atoms with Crippen molar-refractivity contribution in [1.29, 1.82) is 0 Å². The number of nitrogens with zero attached hydrogens (tertiary/aromatic N) is 3. The van der Waals surface area contributed by atoms with Crippen LogP contribution in [0.15, 0.2) is 53.5 Å². The van der Waals surface area contributed by atoms with Gasteiger partial charge < -0.3 is 10.4 Å². The summed E-state index contributed by atoms with van der Waals surface area (Å²) in [6.45, 7) is 0.181. The summed E-state index contributed by atoms with van der Waals surface area (Å²) in [6, 6.07) is 8.85.